The summed E-state index contributed by atoms with van der Waals surface area (Å²) in [5, 5.41) is 17.6. The maximum Gasteiger partial charge on any atom is 0.101 e. The number of hydrogen-bond acceptors (Lipinski definition) is 2. The van der Waals surface area contributed by atoms with E-state index in [1.165, 1.54) is 115 Å². The van der Waals surface area contributed by atoms with Gasteiger partial charge in [-0.25, -0.2) is 0 Å². The summed E-state index contributed by atoms with van der Waals surface area (Å²) in [6.45, 7) is 8.58. The summed E-state index contributed by atoms with van der Waals surface area (Å²) in [5.41, 5.74) is 1.45. The molecule has 1 aromatic rings. The fourth-order valence-electron chi connectivity index (χ4n) is 3.72. The molecule has 0 heterocycles. The zero-order valence-corrected chi connectivity index (χ0v) is 23.1. The van der Waals surface area contributed by atoms with Crippen molar-refractivity contribution >= 4 is 0 Å². The Morgan fingerprint density at radius 3 is 1.24 bits per heavy atom. The lowest BCUT2D eigenvalue weighted by molar-refractivity contribution is -0.671. The first-order chi connectivity index (χ1) is 15.8. The van der Waals surface area contributed by atoms with Gasteiger partial charge in [0.2, 0.25) is 0 Å². The second-order valence-electron chi connectivity index (χ2n) is 8.70. The van der Waals surface area contributed by atoms with Crippen molar-refractivity contribution in [3.8, 4) is 0 Å². The molecule has 0 fully saturated rings. The quantitative estimate of drug-likeness (QED) is 0.258. The first-order valence-corrected chi connectivity index (χ1v) is 13.8. The van der Waals surface area contributed by atoms with Crippen molar-refractivity contribution in [2.75, 3.05) is 19.8 Å². The second kappa shape index (κ2) is 36.0. The van der Waals surface area contributed by atoms with Crippen molar-refractivity contribution in [3.05, 3.63) is 35.9 Å². The van der Waals surface area contributed by atoms with E-state index in [4.69, 9.17) is 10.2 Å². The molecule has 198 valence electrons. The Balaban J connectivity index is -0.00000115. The summed E-state index contributed by atoms with van der Waals surface area (Å²) in [4.78, 5) is 0. The van der Waals surface area contributed by atoms with E-state index in [0.29, 0.717) is 0 Å². The first kappa shape index (κ1) is 36.9. The first-order valence-electron chi connectivity index (χ1n) is 13.8. The summed E-state index contributed by atoms with van der Waals surface area (Å²) in [5.74, 6) is 0. The van der Waals surface area contributed by atoms with Gasteiger partial charge >= 0.3 is 0 Å². The molecule has 0 aromatic heterocycles. The van der Waals surface area contributed by atoms with Crippen LogP contribution >= 0.6 is 0 Å². The van der Waals surface area contributed by atoms with E-state index in [2.05, 4.69) is 42.6 Å². The summed E-state index contributed by atoms with van der Waals surface area (Å²) >= 11 is 0. The van der Waals surface area contributed by atoms with Crippen molar-refractivity contribution in [1.29, 1.82) is 0 Å². The molecule has 0 atom stereocenters. The van der Waals surface area contributed by atoms with Crippen LogP contribution in [0, 0.1) is 0 Å². The maximum atomic E-state index is 7.57. The van der Waals surface area contributed by atoms with E-state index in [-0.39, 0.29) is 25.6 Å². The third-order valence-electron chi connectivity index (χ3n) is 5.48. The number of aliphatic hydroxyl groups is 2. The van der Waals surface area contributed by atoms with Crippen LogP contribution in [0.15, 0.2) is 30.3 Å². The molecule has 3 nitrogen and oxygen atoms in total. The number of halogens is 1. The summed E-state index contributed by atoms with van der Waals surface area (Å²) < 4.78 is 0. The number of benzene rings is 1. The molecule has 0 saturated carbocycles. The van der Waals surface area contributed by atoms with Gasteiger partial charge < -0.3 is 27.9 Å². The van der Waals surface area contributed by atoms with Crippen LogP contribution in [0.3, 0.4) is 0 Å². The molecule has 4 N–H and O–H groups in total. The SMILES string of the molecule is CCCCCCCCCCCCCCCCCC[NH2+]Cc1ccccc1.CCO.CCO.[Cl-]. The zero-order valence-electron chi connectivity index (χ0n) is 22.4. The van der Waals surface area contributed by atoms with Gasteiger partial charge in [0.1, 0.15) is 6.54 Å². The number of unbranched alkanes of at least 4 members (excludes halogenated alkanes) is 15. The Hall–Kier alpha value is -0.610. The molecular formula is C29H58ClNO2. The van der Waals surface area contributed by atoms with Gasteiger partial charge in [0.05, 0.1) is 6.54 Å². The molecule has 0 aliphatic heterocycles. The predicted octanol–water partition coefficient (Wildman–Crippen LogP) is 4.01. The van der Waals surface area contributed by atoms with Gasteiger partial charge in [0.15, 0.2) is 0 Å². The Labute approximate surface area is 213 Å². The van der Waals surface area contributed by atoms with Gasteiger partial charge in [-0.05, 0) is 26.7 Å². The molecule has 0 aliphatic rings. The minimum Gasteiger partial charge on any atom is -1.00 e. The van der Waals surface area contributed by atoms with Crippen molar-refractivity contribution in [1.82, 2.24) is 0 Å². The van der Waals surface area contributed by atoms with Crippen LogP contribution in [-0.2, 0) is 6.54 Å². The smallest absolute Gasteiger partial charge is 0.101 e. The lowest BCUT2D eigenvalue weighted by Crippen LogP contribution is -3.00. The van der Waals surface area contributed by atoms with E-state index >= 15 is 0 Å². The van der Waals surface area contributed by atoms with Crippen molar-refractivity contribution < 1.29 is 27.9 Å². The standard InChI is InChI=1S/C25H45N.2C2H6O.ClH/c1-2-3-4-5-6-7-8-9-10-11-12-13-14-15-16-20-23-26-24-25-21-18-17-19-22-25;2*1-2-3;/h17-19,21-22,26H,2-16,20,23-24H2,1H3;2*3H,2H2,1H3;1H. The minimum atomic E-state index is 0. The molecule has 0 aliphatic carbocycles. The third-order valence-corrected chi connectivity index (χ3v) is 5.48. The van der Waals surface area contributed by atoms with Crippen molar-refractivity contribution in [2.24, 2.45) is 0 Å². The monoisotopic (exact) mass is 487 g/mol. The van der Waals surface area contributed by atoms with Gasteiger partial charge in [-0.2, -0.15) is 0 Å². The van der Waals surface area contributed by atoms with Crippen LogP contribution in [0.5, 0.6) is 0 Å². The van der Waals surface area contributed by atoms with Crippen LogP contribution < -0.4 is 17.7 Å². The van der Waals surface area contributed by atoms with Crippen LogP contribution in [-0.4, -0.2) is 30.0 Å². The Morgan fingerprint density at radius 2 is 0.879 bits per heavy atom. The van der Waals surface area contributed by atoms with E-state index in [1.807, 2.05) is 0 Å². The number of aliphatic hydroxyl groups excluding tert-OH is 2. The normalized spacial score (nSPS) is 9.85. The van der Waals surface area contributed by atoms with Gasteiger partial charge in [-0.15, -0.1) is 0 Å². The lowest BCUT2D eigenvalue weighted by atomic mass is 10.0. The molecule has 33 heavy (non-hydrogen) atoms. The van der Waals surface area contributed by atoms with Crippen LogP contribution in [0.4, 0.5) is 0 Å². The molecule has 0 saturated heterocycles. The topological polar surface area (TPSA) is 57.1 Å². The summed E-state index contributed by atoms with van der Waals surface area (Å²) in [6, 6.07) is 10.8. The number of quaternary nitrogens is 1. The van der Waals surface area contributed by atoms with Crippen molar-refractivity contribution in [2.45, 2.75) is 130 Å². The molecule has 0 spiro atoms. The Bertz CT molecular complexity index is 415. The van der Waals surface area contributed by atoms with E-state index in [1.54, 1.807) is 13.8 Å². The number of rotatable bonds is 19. The molecule has 0 amide bonds. The molecule has 0 unspecified atom stereocenters. The van der Waals surface area contributed by atoms with Crippen LogP contribution in [0.1, 0.15) is 129 Å². The highest BCUT2D eigenvalue weighted by Gasteiger charge is 1.96. The number of hydrogen-bond donors (Lipinski definition) is 3. The van der Waals surface area contributed by atoms with E-state index in [9.17, 15) is 0 Å². The molecular weight excluding hydrogens is 430 g/mol. The highest BCUT2D eigenvalue weighted by atomic mass is 35.5. The van der Waals surface area contributed by atoms with Gasteiger partial charge in [0.25, 0.3) is 0 Å². The van der Waals surface area contributed by atoms with Gasteiger partial charge in [-0.1, -0.05) is 127 Å². The van der Waals surface area contributed by atoms with Gasteiger partial charge in [0, 0.05) is 18.8 Å². The molecule has 0 radical (unpaired) electrons. The highest BCUT2D eigenvalue weighted by Crippen LogP contribution is 2.13. The second-order valence-corrected chi connectivity index (χ2v) is 8.70. The van der Waals surface area contributed by atoms with Crippen LogP contribution in [0.25, 0.3) is 0 Å². The summed E-state index contributed by atoms with van der Waals surface area (Å²) in [7, 11) is 0. The minimum absolute atomic E-state index is 0. The molecule has 4 heteroatoms. The summed E-state index contributed by atoms with van der Waals surface area (Å²) in [6.07, 6.45) is 23.2. The number of nitrogens with two attached hydrogens (primary N) is 1. The predicted molar refractivity (Wildman–Crippen MR) is 142 cm³/mol. The third kappa shape index (κ3) is 36.1. The fraction of sp³-hybridized carbons (Fsp3) is 0.793. The van der Waals surface area contributed by atoms with Crippen molar-refractivity contribution in [3.63, 3.8) is 0 Å². The van der Waals surface area contributed by atoms with E-state index < -0.39 is 0 Å². The zero-order chi connectivity index (χ0) is 24.0. The lowest BCUT2D eigenvalue weighted by Gasteiger charge is -2.04. The van der Waals surface area contributed by atoms with Crippen LogP contribution in [0.2, 0.25) is 0 Å². The maximum absolute atomic E-state index is 7.57. The largest absolute Gasteiger partial charge is 1.00 e. The Kier molecular flexibility index (Phi) is 40.3. The van der Waals surface area contributed by atoms with E-state index in [0.717, 1.165) is 6.54 Å². The average Bonchev–Trinajstić information content (AvgIpc) is 2.80. The van der Waals surface area contributed by atoms with Gasteiger partial charge in [-0.3, -0.25) is 0 Å². The average molecular weight is 488 g/mol. The Morgan fingerprint density at radius 1 is 0.545 bits per heavy atom. The molecule has 1 aromatic carbocycles. The fourth-order valence-corrected chi connectivity index (χ4v) is 3.72. The highest BCUT2D eigenvalue weighted by molar-refractivity contribution is 5.12. The molecule has 0 bridgehead atoms. The molecule has 1 rings (SSSR count).